The van der Waals surface area contributed by atoms with Crippen LogP contribution in [0, 0.1) is 16.0 Å². The molecular formula is C21H21ClN4O4. The van der Waals surface area contributed by atoms with Crippen LogP contribution in [0.5, 0.6) is 0 Å². The average molecular weight is 429 g/mol. The normalized spacial score (nSPS) is 18.7. The van der Waals surface area contributed by atoms with Crippen LogP contribution in [0.2, 0.25) is 5.15 Å². The van der Waals surface area contributed by atoms with Crippen molar-refractivity contribution in [1.82, 2.24) is 14.8 Å². The van der Waals surface area contributed by atoms with Gasteiger partial charge in [0, 0.05) is 32.3 Å². The second-order valence-corrected chi connectivity index (χ2v) is 7.71. The second kappa shape index (κ2) is 8.81. The lowest BCUT2D eigenvalue weighted by molar-refractivity contribution is -0.438. The number of rotatable bonds is 7. The molecular weight excluding hydrogens is 408 g/mol. The van der Waals surface area contributed by atoms with Crippen molar-refractivity contribution in [3.05, 3.63) is 86.6 Å². The van der Waals surface area contributed by atoms with E-state index < -0.39 is 5.92 Å². The van der Waals surface area contributed by atoms with Gasteiger partial charge in [-0.1, -0.05) is 48.0 Å². The van der Waals surface area contributed by atoms with Crippen LogP contribution in [0.25, 0.3) is 0 Å². The summed E-state index contributed by atoms with van der Waals surface area (Å²) in [7, 11) is 0. The van der Waals surface area contributed by atoms with E-state index in [1.54, 1.807) is 12.3 Å². The molecule has 0 radical (unpaired) electrons. The van der Waals surface area contributed by atoms with Crippen LogP contribution < -0.4 is 0 Å². The van der Waals surface area contributed by atoms with Crippen molar-refractivity contribution in [2.24, 2.45) is 5.92 Å². The van der Waals surface area contributed by atoms with Crippen molar-refractivity contribution in [1.29, 1.82) is 0 Å². The molecule has 2 aliphatic heterocycles. The van der Waals surface area contributed by atoms with E-state index in [2.05, 4.69) is 4.98 Å². The smallest absolute Gasteiger partial charge is 0.292 e. The summed E-state index contributed by atoms with van der Waals surface area (Å²) in [5, 5.41) is 12.4. The molecule has 0 bridgehead atoms. The van der Waals surface area contributed by atoms with Crippen molar-refractivity contribution < 1.29 is 14.5 Å². The van der Waals surface area contributed by atoms with Gasteiger partial charge in [0.15, 0.2) is 5.82 Å². The number of carbonyl (C=O) groups is 1. The number of hydrogen-bond donors (Lipinski definition) is 0. The highest BCUT2D eigenvalue weighted by Gasteiger charge is 2.46. The van der Waals surface area contributed by atoms with Crippen molar-refractivity contribution >= 4 is 17.5 Å². The second-order valence-electron chi connectivity index (χ2n) is 7.32. The number of hydrogen-bond acceptors (Lipinski definition) is 6. The summed E-state index contributed by atoms with van der Waals surface area (Å²) in [6.45, 7) is 1.83. The first-order chi connectivity index (χ1) is 14.5. The van der Waals surface area contributed by atoms with Gasteiger partial charge in [-0.15, -0.1) is 0 Å². The van der Waals surface area contributed by atoms with E-state index in [0.717, 1.165) is 11.1 Å². The molecule has 0 aliphatic carbocycles. The van der Waals surface area contributed by atoms with Crippen LogP contribution in [0.1, 0.15) is 17.5 Å². The van der Waals surface area contributed by atoms with Gasteiger partial charge < -0.3 is 9.64 Å². The molecule has 4 rings (SSSR count). The summed E-state index contributed by atoms with van der Waals surface area (Å²) in [6.07, 6.45) is 1.72. The summed E-state index contributed by atoms with van der Waals surface area (Å²) < 4.78 is 5.75. The monoisotopic (exact) mass is 428 g/mol. The van der Waals surface area contributed by atoms with Gasteiger partial charge in [-0.25, -0.2) is 4.98 Å². The number of halogens is 1. The predicted molar refractivity (Wildman–Crippen MR) is 110 cm³/mol. The Morgan fingerprint density at radius 3 is 2.67 bits per heavy atom. The molecule has 3 heterocycles. The molecule has 1 saturated heterocycles. The van der Waals surface area contributed by atoms with Crippen LogP contribution in [0.3, 0.4) is 0 Å². The van der Waals surface area contributed by atoms with Crippen LogP contribution >= 0.6 is 11.6 Å². The lowest BCUT2D eigenvalue weighted by Crippen LogP contribution is -2.40. The Labute approximate surface area is 178 Å². The standard InChI is InChI=1S/C21H21ClN4O4/c22-18-7-6-16(11-23-18)12-24-8-9-25-19(27)10-17(20(21(24)25)26(28)29)14-30-13-15-4-2-1-3-5-15/h1-7,11,17H,8-10,12-14H2. The molecule has 30 heavy (non-hydrogen) atoms. The SMILES string of the molecule is O=C1CC(COCc2ccccc2)C([N+](=O)[O-])=C2N(Cc3ccc(Cl)nc3)CCN12. The minimum atomic E-state index is -0.591. The van der Waals surface area contributed by atoms with Crippen LogP contribution in [0.4, 0.5) is 0 Å². The first kappa shape index (κ1) is 20.3. The zero-order chi connectivity index (χ0) is 21.1. The molecule has 2 aromatic rings. The van der Waals surface area contributed by atoms with E-state index in [1.807, 2.05) is 41.3 Å². The van der Waals surface area contributed by atoms with Crippen molar-refractivity contribution in [3.63, 3.8) is 0 Å². The number of amides is 1. The van der Waals surface area contributed by atoms with E-state index in [0.29, 0.717) is 37.2 Å². The molecule has 0 saturated carbocycles. The Morgan fingerprint density at radius 1 is 1.17 bits per heavy atom. The average Bonchev–Trinajstić information content (AvgIpc) is 3.14. The van der Waals surface area contributed by atoms with Gasteiger partial charge >= 0.3 is 0 Å². The molecule has 1 aromatic carbocycles. The van der Waals surface area contributed by atoms with E-state index in [1.165, 1.54) is 4.90 Å². The van der Waals surface area contributed by atoms with Gasteiger partial charge in [0.2, 0.25) is 5.91 Å². The fraction of sp³-hybridized carbons (Fsp3) is 0.333. The maximum Gasteiger partial charge on any atom is 0.292 e. The third kappa shape index (κ3) is 4.29. The molecule has 9 heteroatoms. The van der Waals surface area contributed by atoms with E-state index in [9.17, 15) is 14.9 Å². The Balaban J connectivity index is 1.55. The fourth-order valence-corrected chi connectivity index (χ4v) is 3.99. The Hall–Kier alpha value is -2.97. The Kier molecular flexibility index (Phi) is 5.96. The third-order valence-electron chi connectivity index (χ3n) is 5.28. The maximum atomic E-state index is 12.7. The van der Waals surface area contributed by atoms with Gasteiger partial charge in [-0.3, -0.25) is 19.8 Å². The summed E-state index contributed by atoms with van der Waals surface area (Å²) in [4.78, 5) is 31.8. The molecule has 2 aliphatic rings. The van der Waals surface area contributed by atoms with Crippen molar-refractivity contribution in [3.8, 4) is 0 Å². The number of ether oxygens (including phenoxy) is 1. The zero-order valence-corrected chi connectivity index (χ0v) is 17.0. The quantitative estimate of drug-likeness (QED) is 0.382. The third-order valence-corrected chi connectivity index (χ3v) is 5.50. The number of nitro groups is 1. The Bertz CT molecular complexity index is 965. The molecule has 1 atom stereocenters. The molecule has 8 nitrogen and oxygen atoms in total. The largest absolute Gasteiger partial charge is 0.376 e. The minimum Gasteiger partial charge on any atom is -0.376 e. The van der Waals surface area contributed by atoms with Gasteiger partial charge in [-0.05, 0) is 17.2 Å². The first-order valence-electron chi connectivity index (χ1n) is 9.69. The molecule has 0 N–H and O–H groups in total. The van der Waals surface area contributed by atoms with Crippen LogP contribution in [0.15, 0.2) is 60.2 Å². The topological polar surface area (TPSA) is 88.8 Å². The van der Waals surface area contributed by atoms with Gasteiger partial charge in [0.25, 0.3) is 5.70 Å². The van der Waals surface area contributed by atoms with Gasteiger partial charge in [0.05, 0.1) is 24.1 Å². The summed E-state index contributed by atoms with van der Waals surface area (Å²) >= 11 is 5.84. The number of carbonyl (C=O) groups excluding carboxylic acids is 1. The lowest BCUT2D eigenvalue weighted by Gasteiger charge is -2.30. The summed E-state index contributed by atoms with van der Waals surface area (Å²) in [5.74, 6) is -0.327. The highest BCUT2D eigenvalue weighted by atomic mass is 35.5. The minimum absolute atomic E-state index is 0.0436. The highest BCUT2D eigenvalue weighted by Crippen LogP contribution is 2.35. The number of pyridine rings is 1. The van der Waals surface area contributed by atoms with Crippen LogP contribution in [-0.4, -0.2) is 45.3 Å². The summed E-state index contributed by atoms with van der Waals surface area (Å²) in [6, 6.07) is 13.1. The van der Waals surface area contributed by atoms with Crippen molar-refractivity contribution in [2.45, 2.75) is 19.6 Å². The first-order valence-corrected chi connectivity index (χ1v) is 10.1. The maximum absolute atomic E-state index is 12.7. The van der Waals surface area contributed by atoms with Gasteiger partial charge in [-0.2, -0.15) is 0 Å². The summed E-state index contributed by atoms with van der Waals surface area (Å²) in [5.41, 5.74) is 1.89. The number of benzene rings is 1. The fourth-order valence-electron chi connectivity index (χ4n) is 3.88. The van der Waals surface area contributed by atoms with E-state index >= 15 is 0 Å². The molecule has 1 fully saturated rings. The molecule has 1 amide bonds. The van der Waals surface area contributed by atoms with E-state index in [4.69, 9.17) is 16.3 Å². The van der Waals surface area contributed by atoms with Crippen LogP contribution in [-0.2, 0) is 22.7 Å². The molecule has 156 valence electrons. The van der Waals surface area contributed by atoms with E-state index in [-0.39, 0.29) is 29.6 Å². The number of nitrogens with zero attached hydrogens (tertiary/aromatic N) is 4. The Morgan fingerprint density at radius 2 is 1.97 bits per heavy atom. The molecule has 1 unspecified atom stereocenters. The number of fused-ring (bicyclic) bond motifs is 1. The lowest BCUT2D eigenvalue weighted by atomic mass is 9.97. The molecule has 1 aromatic heterocycles. The number of aromatic nitrogens is 1. The molecule has 0 spiro atoms. The predicted octanol–water partition coefficient (Wildman–Crippen LogP) is 3.06. The highest BCUT2D eigenvalue weighted by molar-refractivity contribution is 6.29. The zero-order valence-electron chi connectivity index (χ0n) is 16.2. The van der Waals surface area contributed by atoms with Crippen molar-refractivity contribution in [2.75, 3.05) is 19.7 Å². The van der Waals surface area contributed by atoms with Gasteiger partial charge in [0.1, 0.15) is 5.15 Å².